The summed E-state index contributed by atoms with van der Waals surface area (Å²) in [6, 6.07) is 3.56. The Balaban J connectivity index is 4.42. The summed E-state index contributed by atoms with van der Waals surface area (Å²) in [5.74, 6) is 0. The molecule has 0 spiro atoms. The third-order valence-corrected chi connectivity index (χ3v) is 8.40. The molecule has 0 fully saturated rings. The molecule has 0 atom stereocenters. The van der Waals surface area contributed by atoms with E-state index < -0.39 is 8.32 Å². The number of carbonyl (C=O) groups excluding carboxylic acids is 1. The predicted octanol–water partition coefficient (Wildman–Crippen LogP) is 5.68. The van der Waals surface area contributed by atoms with Gasteiger partial charge in [-0.1, -0.05) is 78.6 Å². The number of hydrogen-bond donors (Lipinski definition) is 0. The van der Waals surface area contributed by atoms with Gasteiger partial charge in [0.2, 0.25) is 0 Å². The van der Waals surface area contributed by atoms with E-state index in [9.17, 15) is 4.79 Å². The Bertz CT molecular complexity index is 180. The van der Waals surface area contributed by atoms with E-state index in [1.54, 1.807) is 0 Å². The first-order chi connectivity index (χ1) is 9.24. The zero-order valence-electron chi connectivity index (χ0n) is 13.4. The van der Waals surface area contributed by atoms with Crippen LogP contribution in [-0.2, 0) is 9.22 Å². The minimum atomic E-state index is -1.78. The van der Waals surface area contributed by atoms with Crippen molar-refractivity contribution in [1.82, 2.24) is 0 Å². The molecule has 0 aliphatic carbocycles. The molecule has 0 aliphatic heterocycles. The van der Waals surface area contributed by atoms with Gasteiger partial charge in [-0.05, 0) is 18.1 Å². The first-order valence-electron chi connectivity index (χ1n) is 8.36. The lowest BCUT2D eigenvalue weighted by molar-refractivity contribution is -0.121. The maximum absolute atomic E-state index is 10.9. The fraction of sp³-hybridized carbons (Fsp3) is 0.938. The van der Waals surface area contributed by atoms with Crippen molar-refractivity contribution in [1.29, 1.82) is 0 Å². The molecule has 0 heterocycles. The molecule has 0 unspecified atom stereocenters. The highest BCUT2D eigenvalue weighted by Crippen LogP contribution is 2.29. The van der Waals surface area contributed by atoms with E-state index in [1.165, 1.54) is 75.9 Å². The molecule has 0 radical (unpaired) electrons. The van der Waals surface area contributed by atoms with Gasteiger partial charge in [-0.2, -0.15) is 0 Å². The van der Waals surface area contributed by atoms with E-state index in [2.05, 4.69) is 20.8 Å². The van der Waals surface area contributed by atoms with Crippen molar-refractivity contribution in [2.75, 3.05) is 0 Å². The molecule has 0 N–H and O–H groups in total. The Kier molecular flexibility index (Phi) is 12.5. The Morgan fingerprint density at radius 1 is 0.737 bits per heavy atom. The van der Waals surface area contributed by atoms with Gasteiger partial charge in [0.15, 0.2) is 0 Å². The van der Waals surface area contributed by atoms with Crippen LogP contribution in [0.3, 0.4) is 0 Å². The lowest BCUT2D eigenvalue weighted by atomic mass is 10.3. The van der Waals surface area contributed by atoms with E-state index in [1.807, 2.05) is 0 Å². The molecule has 0 saturated heterocycles. The van der Waals surface area contributed by atoms with Crippen LogP contribution in [0.25, 0.3) is 0 Å². The number of carbonyl (C=O) groups is 1. The Morgan fingerprint density at radius 3 is 1.37 bits per heavy atom. The van der Waals surface area contributed by atoms with E-state index in [0.29, 0.717) is 0 Å². The Hall–Kier alpha value is -0.313. The minimum absolute atomic E-state index is 0.746. The summed E-state index contributed by atoms with van der Waals surface area (Å²) in [7, 11) is -1.78. The molecule has 3 heteroatoms. The Labute approximate surface area is 121 Å². The van der Waals surface area contributed by atoms with Gasteiger partial charge in [-0.3, -0.25) is 4.79 Å². The summed E-state index contributed by atoms with van der Waals surface area (Å²) in [6.07, 6.45) is 11.3. The van der Waals surface area contributed by atoms with Crippen LogP contribution in [0.2, 0.25) is 18.1 Å². The summed E-state index contributed by atoms with van der Waals surface area (Å²) in [5.41, 5.74) is 0. The largest absolute Gasteiger partial charge is 0.521 e. The highest BCUT2D eigenvalue weighted by Gasteiger charge is 2.34. The van der Waals surface area contributed by atoms with Gasteiger partial charge in [-0.15, -0.1) is 0 Å². The molecule has 0 amide bonds. The molecule has 0 aliphatic rings. The van der Waals surface area contributed by atoms with Crippen LogP contribution in [0.1, 0.15) is 78.6 Å². The van der Waals surface area contributed by atoms with Crippen molar-refractivity contribution in [3.63, 3.8) is 0 Å². The first-order valence-corrected chi connectivity index (χ1v) is 10.9. The third-order valence-electron chi connectivity index (χ3n) is 4.01. The molecule has 0 saturated carbocycles. The molecule has 0 aromatic rings. The number of unbranched alkanes of at least 4 members (excludes halogenated alkanes) is 6. The maximum atomic E-state index is 10.9. The number of rotatable bonds is 14. The predicted molar refractivity (Wildman–Crippen MR) is 85.9 cm³/mol. The van der Waals surface area contributed by atoms with Crippen molar-refractivity contribution < 1.29 is 9.22 Å². The standard InChI is InChI=1S/C16H34O2Si/c1-4-7-10-13-19(18-16-17,14-11-8-5-2)15-12-9-6-3/h16H,4-15H2,1-3H3. The third kappa shape index (κ3) is 9.25. The topological polar surface area (TPSA) is 26.3 Å². The van der Waals surface area contributed by atoms with Crippen LogP contribution < -0.4 is 0 Å². The van der Waals surface area contributed by atoms with Gasteiger partial charge >= 0.3 is 0 Å². The van der Waals surface area contributed by atoms with Crippen LogP contribution in [0.15, 0.2) is 0 Å². The monoisotopic (exact) mass is 286 g/mol. The summed E-state index contributed by atoms with van der Waals surface area (Å²) < 4.78 is 5.73. The van der Waals surface area contributed by atoms with Crippen LogP contribution in [-0.4, -0.2) is 14.8 Å². The maximum Gasteiger partial charge on any atom is 0.279 e. The second-order valence-corrected chi connectivity index (χ2v) is 9.87. The van der Waals surface area contributed by atoms with Crippen LogP contribution >= 0.6 is 0 Å². The lowest BCUT2D eigenvalue weighted by Gasteiger charge is -2.29. The van der Waals surface area contributed by atoms with Gasteiger partial charge in [0.25, 0.3) is 14.8 Å². The summed E-state index contributed by atoms with van der Waals surface area (Å²) in [4.78, 5) is 10.9. The lowest BCUT2D eigenvalue weighted by Crippen LogP contribution is -2.37. The van der Waals surface area contributed by atoms with Crippen LogP contribution in [0.4, 0.5) is 0 Å². The molecule has 2 nitrogen and oxygen atoms in total. The van der Waals surface area contributed by atoms with E-state index in [0.717, 1.165) is 6.47 Å². The van der Waals surface area contributed by atoms with Crippen molar-refractivity contribution in [3.05, 3.63) is 0 Å². The molecule has 0 rings (SSSR count). The van der Waals surface area contributed by atoms with Gasteiger partial charge < -0.3 is 4.43 Å². The molecular formula is C16H34O2Si. The van der Waals surface area contributed by atoms with E-state index in [-0.39, 0.29) is 0 Å². The number of hydrogen-bond acceptors (Lipinski definition) is 2. The van der Waals surface area contributed by atoms with Crippen molar-refractivity contribution in [2.24, 2.45) is 0 Å². The summed E-state index contributed by atoms with van der Waals surface area (Å²) in [6.45, 7) is 7.45. The second-order valence-electron chi connectivity index (χ2n) is 5.77. The SMILES string of the molecule is CCCCC[Si](CCCCC)(CCCCC)OC=O. The highest BCUT2D eigenvalue weighted by molar-refractivity contribution is 6.74. The summed E-state index contributed by atoms with van der Waals surface area (Å²) >= 11 is 0. The van der Waals surface area contributed by atoms with Crippen molar-refractivity contribution in [2.45, 2.75) is 96.7 Å². The molecule has 0 aromatic carbocycles. The normalized spacial score (nSPS) is 11.5. The van der Waals surface area contributed by atoms with E-state index >= 15 is 0 Å². The van der Waals surface area contributed by atoms with Crippen molar-refractivity contribution >= 4 is 14.8 Å². The zero-order valence-corrected chi connectivity index (χ0v) is 14.4. The van der Waals surface area contributed by atoms with Gasteiger partial charge in [-0.25, -0.2) is 0 Å². The molecule has 0 bridgehead atoms. The first kappa shape index (κ1) is 18.7. The molecular weight excluding hydrogens is 252 g/mol. The minimum Gasteiger partial charge on any atom is -0.521 e. The quantitative estimate of drug-likeness (QED) is 0.233. The van der Waals surface area contributed by atoms with Crippen molar-refractivity contribution in [3.8, 4) is 0 Å². The molecule has 19 heavy (non-hydrogen) atoms. The zero-order chi connectivity index (χ0) is 14.4. The average Bonchev–Trinajstić information content (AvgIpc) is 2.40. The fourth-order valence-electron chi connectivity index (χ4n) is 2.75. The van der Waals surface area contributed by atoms with Crippen LogP contribution in [0, 0.1) is 0 Å². The highest BCUT2D eigenvalue weighted by atomic mass is 28.4. The van der Waals surface area contributed by atoms with Gasteiger partial charge in [0, 0.05) is 0 Å². The van der Waals surface area contributed by atoms with Gasteiger partial charge in [0.1, 0.15) is 0 Å². The van der Waals surface area contributed by atoms with Gasteiger partial charge in [0.05, 0.1) is 0 Å². The smallest absolute Gasteiger partial charge is 0.279 e. The fourth-order valence-corrected chi connectivity index (χ4v) is 6.74. The Morgan fingerprint density at radius 2 is 1.11 bits per heavy atom. The summed E-state index contributed by atoms with van der Waals surface area (Å²) in [5, 5.41) is 0. The molecule has 114 valence electrons. The van der Waals surface area contributed by atoms with E-state index in [4.69, 9.17) is 4.43 Å². The molecule has 0 aromatic heterocycles. The second kappa shape index (κ2) is 12.7. The average molecular weight is 287 g/mol. The van der Waals surface area contributed by atoms with Crippen LogP contribution in [0.5, 0.6) is 0 Å².